The van der Waals surface area contributed by atoms with E-state index >= 15 is 0 Å². The number of phenols is 1. The second-order valence-corrected chi connectivity index (χ2v) is 4.84. The Bertz CT molecular complexity index is 887. The van der Waals surface area contributed by atoms with Gasteiger partial charge >= 0.3 is 0 Å². The molecule has 21 heavy (non-hydrogen) atoms. The third-order valence-electron chi connectivity index (χ3n) is 3.55. The molecular weight excluding hydrogens is 266 g/mol. The number of carbonyl (C=O) groups is 1. The number of nitrogens with zero attached hydrogens (tertiary/aromatic N) is 1. The molecule has 0 fully saturated rings. The molecule has 0 saturated heterocycles. The number of nitrogens with two attached hydrogens (primary N) is 2. The molecule has 1 amide bonds. The Morgan fingerprint density at radius 2 is 2.00 bits per heavy atom. The Morgan fingerprint density at radius 3 is 2.52 bits per heavy atom. The topological polar surface area (TPSA) is 94.3 Å². The van der Waals surface area contributed by atoms with Crippen LogP contribution < -0.4 is 22.0 Å². The van der Waals surface area contributed by atoms with Gasteiger partial charge in [0.2, 0.25) is 0 Å². The van der Waals surface area contributed by atoms with Crippen LogP contribution in [0.2, 0.25) is 0 Å². The van der Waals surface area contributed by atoms with Gasteiger partial charge in [0.1, 0.15) is 11.6 Å². The predicted octanol–water partition coefficient (Wildman–Crippen LogP) is 0.457. The molecule has 5 N–H and O–H groups in total. The lowest BCUT2D eigenvalue weighted by molar-refractivity contribution is 0.100. The number of anilines is 1. The highest BCUT2D eigenvalue weighted by Crippen LogP contribution is 2.27. The van der Waals surface area contributed by atoms with Crippen LogP contribution in [0.15, 0.2) is 18.7 Å². The van der Waals surface area contributed by atoms with Crippen molar-refractivity contribution in [1.82, 2.24) is 4.57 Å². The number of aromatic nitrogens is 1. The normalized spacial score (nSPS) is 10.4. The summed E-state index contributed by atoms with van der Waals surface area (Å²) in [4.78, 5) is 11.6. The van der Waals surface area contributed by atoms with Crippen molar-refractivity contribution in [2.45, 2.75) is 13.8 Å². The van der Waals surface area contributed by atoms with Crippen LogP contribution in [0.5, 0.6) is 5.75 Å². The van der Waals surface area contributed by atoms with Crippen LogP contribution in [0.3, 0.4) is 0 Å². The standard InChI is InChI=1S/C16H17N3O2/c1-5-11-9(3)13(16(18)21)15(17)19(11)14-8(2)6-7-12(20)10(14)4/h6-7,20H,1,3,17H2,2,4H3,(H2,18,21). The van der Waals surface area contributed by atoms with Gasteiger partial charge in [-0.3, -0.25) is 9.36 Å². The summed E-state index contributed by atoms with van der Waals surface area (Å²) in [6, 6.07) is 3.36. The fourth-order valence-electron chi connectivity index (χ4n) is 2.50. The number of primary amides is 1. The molecule has 2 aromatic rings. The fourth-order valence-corrected chi connectivity index (χ4v) is 2.50. The first-order valence-electron chi connectivity index (χ1n) is 6.29. The SMILES string of the molecule is C=C=c1c(=C)c(C(N)=O)c(N)n1-c1c(C)ccc(O)c1C. The number of aryl methyl sites for hydroxylation is 1. The first kappa shape index (κ1) is 14.5. The van der Waals surface area contributed by atoms with Gasteiger partial charge in [0, 0.05) is 10.8 Å². The summed E-state index contributed by atoms with van der Waals surface area (Å²) in [5.41, 5.74) is 16.5. The molecule has 1 aromatic heterocycles. The Morgan fingerprint density at radius 1 is 1.38 bits per heavy atom. The summed E-state index contributed by atoms with van der Waals surface area (Å²) >= 11 is 0. The van der Waals surface area contributed by atoms with E-state index in [1.165, 1.54) is 0 Å². The van der Waals surface area contributed by atoms with E-state index < -0.39 is 5.91 Å². The Hall–Kier alpha value is -2.91. The molecule has 0 aliphatic carbocycles. The first-order valence-corrected chi connectivity index (χ1v) is 6.29. The van der Waals surface area contributed by atoms with Crippen molar-refractivity contribution >= 4 is 24.0 Å². The summed E-state index contributed by atoms with van der Waals surface area (Å²) < 4.78 is 1.60. The largest absolute Gasteiger partial charge is 0.508 e. The predicted molar refractivity (Wildman–Crippen MR) is 83.6 cm³/mol. The van der Waals surface area contributed by atoms with E-state index in [4.69, 9.17) is 11.5 Å². The van der Waals surface area contributed by atoms with Crippen LogP contribution in [0, 0.1) is 13.8 Å². The minimum absolute atomic E-state index is 0.130. The lowest BCUT2D eigenvalue weighted by Crippen LogP contribution is -2.30. The van der Waals surface area contributed by atoms with Crippen molar-refractivity contribution in [3.8, 4) is 11.4 Å². The van der Waals surface area contributed by atoms with Crippen LogP contribution >= 0.6 is 0 Å². The lowest BCUT2D eigenvalue weighted by atomic mass is 10.1. The van der Waals surface area contributed by atoms with Crippen molar-refractivity contribution in [2.24, 2.45) is 5.73 Å². The quantitative estimate of drug-likeness (QED) is 0.747. The number of aromatic hydroxyl groups is 1. The van der Waals surface area contributed by atoms with Crippen LogP contribution in [-0.4, -0.2) is 15.6 Å². The molecule has 0 saturated carbocycles. The van der Waals surface area contributed by atoms with Crippen LogP contribution in [0.25, 0.3) is 18.0 Å². The summed E-state index contributed by atoms with van der Waals surface area (Å²) in [5, 5.41) is 10.8. The number of carbonyl (C=O) groups excluding carboxylic acids is 1. The second-order valence-electron chi connectivity index (χ2n) is 4.84. The van der Waals surface area contributed by atoms with Crippen molar-refractivity contribution in [2.75, 3.05) is 5.73 Å². The Kier molecular flexibility index (Phi) is 3.37. The van der Waals surface area contributed by atoms with E-state index in [0.29, 0.717) is 21.8 Å². The Balaban J connectivity index is 3.07. The molecular formula is C16H17N3O2. The zero-order valence-electron chi connectivity index (χ0n) is 12.0. The molecule has 108 valence electrons. The first-order chi connectivity index (χ1) is 9.81. The second kappa shape index (κ2) is 4.89. The van der Waals surface area contributed by atoms with E-state index in [9.17, 15) is 9.90 Å². The van der Waals surface area contributed by atoms with E-state index in [1.54, 1.807) is 23.6 Å². The zero-order valence-corrected chi connectivity index (χ0v) is 12.0. The summed E-state index contributed by atoms with van der Waals surface area (Å²) in [6.45, 7) is 11.1. The smallest absolute Gasteiger partial charge is 0.253 e. The maximum absolute atomic E-state index is 11.6. The van der Waals surface area contributed by atoms with Gasteiger partial charge in [-0.1, -0.05) is 19.2 Å². The number of hydrogen-bond donors (Lipinski definition) is 3. The van der Waals surface area contributed by atoms with Crippen molar-refractivity contribution in [3.63, 3.8) is 0 Å². The van der Waals surface area contributed by atoms with Gasteiger partial charge in [-0.15, -0.1) is 5.73 Å². The molecule has 0 unspecified atom stereocenters. The van der Waals surface area contributed by atoms with Crippen molar-refractivity contribution in [3.05, 3.63) is 46.0 Å². The summed E-state index contributed by atoms with van der Waals surface area (Å²) in [6.07, 6.45) is 0. The highest BCUT2D eigenvalue weighted by atomic mass is 16.3. The molecule has 2 rings (SSSR count). The van der Waals surface area contributed by atoms with Gasteiger partial charge in [-0.05, 0) is 25.5 Å². The molecule has 0 radical (unpaired) electrons. The van der Waals surface area contributed by atoms with Gasteiger partial charge in [-0.25, -0.2) is 0 Å². The van der Waals surface area contributed by atoms with Crippen LogP contribution in [0.4, 0.5) is 5.82 Å². The van der Waals surface area contributed by atoms with E-state index in [2.05, 4.69) is 18.9 Å². The molecule has 0 aliphatic heterocycles. The number of hydrogen-bond acceptors (Lipinski definition) is 3. The zero-order chi connectivity index (χ0) is 15.9. The molecule has 0 atom stereocenters. The molecule has 0 spiro atoms. The highest BCUT2D eigenvalue weighted by molar-refractivity contribution is 5.98. The number of nitrogen functional groups attached to an aromatic ring is 1. The number of rotatable bonds is 2. The molecule has 5 heteroatoms. The maximum Gasteiger partial charge on any atom is 0.253 e. The summed E-state index contributed by atoms with van der Waals surface area (Å²) in [5.74, 6) is -0.372. The minimum Gasteiger partial charge on any atom is -0.508 e. The number of amides is 1. The van der Waals surface area contributed by atoms with Crippen LogP contribution in [0.1, 0.15) is 21.5 Å². The number of phenolic OH excluding ortho intramolecular Hbond substituents is 1. The van der Waals surface area contributed by atoms with E-state index in [0.717, 1.165) is 5.56 Å². The third kappa shape index (κ3) is 2.00. The van der Waals surface area contributed by atoms with Gasteiger partial charge in [0.25, 0.3) is 5.91 Å². The number of benzene rings is 1. The monoisotopic (exact) mass is 283 g/mol. The average Bonchev–Trinajstić information content (AvgIpc) is 2.66. The maximum atomic E-state index is 11.6. The third-order valence-corrected chi connectivity index (χ3v) is 3.55. The average molecular weight is 283 g/mol. The van der Waals surface area contributed by atoms with Crippen molar-refractivity contribution in [1.29, 1.82) is 0 Å². The molecule has 1 heterocycles. The van der Waals surface area contributed by atoms with Crippen molar-refractivity contribution < 1.29 is 9.90 Å². The van der Waals surface area contributed by atoms with E-state index in [1.807, 2.05) is 6.92 Å². The Labute approximate surface area is 122 Å². The molecule has 5 nitrogen and oxygen atoms in total. The molecule has 1 aromatic carbocycles. The van der Waals surface area contributed by atoms with Gasteiger partial charge in [0.05, 0.1) is 16.6 Å². The summed E-state index contributed by atoms with van der Waals surface area (Å²) in [7, 11) is 0. The molecule has 0 aliphatic rings. The lowest BCUT2D eigenvalue weighted by Gasteiger charge is -2.14. The van der Waals surface area contributed by atoms with Gasteiger partial charge in [-0.2, -0.15) is 0 Å². The minimum atomic E-state index is -0.664. The van der Waals surface area contributed by atoms with Gasteiger partial charge in [0.15, 0.2) is 0 Å². The fraction of sp³-hybridized carbons (Fsp3) is 0.125. The van der Waals surface area contributed by atoms with Crippen LogP contribution in [-0.2, 0) is 0 Å². The highest BCUT2D eigenvalue weighted by Gasteiger charge is 2.19. The van der Waals surface area contributed by atoms with E-state index in [-0.39, 0.29) is 17.1 Å². The molecule has 0 bridgehead atoms. The van der Waals surface area contributed by atoms with Gasteiger partial charge < -0.3 is 16.6 Å².